The number of hydrogen-bond acceptors (Lipinski definition) is 8. The minimum absolute atomic E-state index is 0.133. The maximum atomic E-state index is 12.3. The fourth-order valence-electron chi connectivity index (χ4n) is 2.81. The van der Waals surface area contributed by atoms with E-state index in [4.69, 9.17) is 9.47 Å². The molecular formula is C22H18N4O7. The number of aryl methyl sites for hydroxylation is 1. The van der Waals surface area contributed by atoms with Crippen molar-refractivity contribution in [1.82, 2.24) is 5.43 Å². The number of hydrazone groups is 1. The Morgan fingerprint density at radius 2 is 1.70 bits per heavy atom. The predicted molar refractivity (Wildman–Crippen MR) is 119 cm³/mol. The largest absolute Gasteiger partial charge is 0.496 e. The molecule has 0 radical (unpaired) electrons. The Morgan fingerprint density at radius 1 is 0.970 bits per heavy atom. The fraction of sp³-hybridized carbons (Fsp3) is 0.0909. The molecule has 0 aliphatic rings. The van der Waals surface area contributed by atoms with Crippen molar-refractivity contribution < 1.29 is 24.1 Å². The Morgan fingerprint density at radius 3 is 2.33 bits per heavy atom. The highest BCUT2D eigenvalue weighted by atomic mass is 16.6. The van der Waals surface area contributed by atoms with Crippen LogP contribution in [0.4, 0.5) is 11.4 Å². The second-order valence-electron chi connectivity index (χ2n) is 6.74. The van der Waals surface area contributed by atoms with Gasteiger partial charge in [0.25, 0.3) is 11.6 Å². The highest BCUT2D eigenvalue weighted by Crippen LogP contribution is 2.34. The van der Waals surface area contributed by atoms with E-state index in [0.717, 1.165) is 17.7 Å². The normalized spacial score (nSPS) is 10.6. The summed E-state index contributed by atoms with van der Waals surface area (Å²) in [6.07, 6.45) is 1.41. The summed E-state index contributed by atoms with van der Waals surface area (Å²) in [6.45, 7) is 1.88. The van der Waals surface area contributed by atoms with Gasteiger partial charge in [0, 0.05) is 6.07 Å². The second-order valence-corrected chi connectivity index (χ2v) is 6.74. The molecule has 3 aromatic rings. The molecule has 0 aliphatic heterocycles. The summed E-state index contributed by atoms with van der Waals surface area (Å²) in [5.41, 5.74) is 3.40. The third-order valence-electron chi connectivity index (χ3n) is 4.44. The van der Waals surface area contributed by atoms with Crippen LogP contribution in [0.1, 0.15) is 21.5 Å². The van der Waals surface area contributed by atoms with Gasteiger partial charge >= 0.3 is 5.69 Å². The zero-order valence-corrected chi connectivity index (χ0v) is 17.6. The zero-order valence-electron chi connectivity index (χ0n) is 17.6. The van der Waals surface area contributed by atoms with Gasteiger partial charge in [-0.1, -0.05) is 6.07 Å². The molecule has 0 heterocycles. The van der Waals surface area contributed by atoms with Gasteiger partial charge in [0.15, 0.2) is 0 Å². The van der Waals surface area contributed by atoms with Gasteiger partial charge in [0.2, 0.25) is 5.75 Å². The molecule has 0 saturated heterocycles. The first-order chi connectivity index (χ1) is 15.8. The van der Waals surface area contributed by atoms with Crippen LogP contribution in [0.2, 0.25) is 0 Å². The van der Waals surface area contributed by atoms with Crippen LogP contribution in [0.5, 0.6) is 17.2 Å². The Kier molecular flexibility index (Phi) is 6.94. The Balaban J connectivity index is 1.67. The van der Waals surface area contributed by atoms with E-state index < -0.39 is 27.1 Å². The van der Waals surface area contributed by atoms with E-state index >= 15 is 0 Å². The average molecular weight is 450 g/mol. The molecule has 0 bridgehead atoms. The number of rotatable bonds is 8. The molecule has 3 rings (SSSR count). The van der Waals surface area contributed by atoms with Crippen LogP contribution in [-0.2, 0) is 0 Å². The van der Waals surface area contributed by atoms with E-state index in [1.165, 1.54) is 31.5 Å². The lowest BCUT2D eigenvalue weighted by Crippen LogP contribution is -2.18. The maximum Gasteiger partial charge on any atom is 0.318 e. The number of nitro groups is 2. The van der Waals surface area contributed by atoms with Crippen molar-refractivity contribution in [2.75, 3.05) is 7.11 Å². The van der Waals surface area contributed by atoms with Gasteiger partial charge in [-0.2, -0.15) is 5.10 Å². The molecule has 0 unspecified atom stereocenters. The van der Waals surface area contributed by atoms with Crippen molar-refractivity contribution in [3.05, 3.63) is 97.6 Å². The first-order valence-electron chi connectivity index (χ1n) is 9.47. The van der Waals surface area contributed by atoms with E-state index in [2.05, 4.69) is 10.5 Å². The van der Waals surface area contributed by atoms with E-state index in [9.17, 15) is 25.0 Å². The lowest BCUT2D eigenvalue weighted by atomic mass is 10.1. The summed E-state index contributed by atoms with van der Waals surface area (Å²) in [6, 6.07) is 14.6. The highest BCUT2D eigenvalue weighted by Gasteiger charge is 2.21. The van der Waals surface area contributed by atoms with Crippen LogP contribution < -0.4 is 14.9 Å². The van der Waals surface area contributed by atoms with Gasteiger partial charge < -0.3 is 9.47 Å². The number of benzene rings is 3. The van der Waals surface area contributed by atoms with Gasteiger partial charge in [-0.05, 0) is 60.5 Å². The number of methoxy groups -OCH3 is 1. The summed E-state index contributed by atoms with van der Waals surface area (Å²) in [4.78, 5) is 32.9. The summed E-state index contributed by atoms with van der Waals surface area (Å²) in [7, 11) is 1.48. The molecule has 0 aromatic heterocycles. The lowest BCUT2D eigenvalue weighted by Gasteiger charge is -2.08. The van der Waals surface area contributed by atoms with Crippen molar-refractivity contribution in [2.45, 2.75) is 6.92 Å². The minimum atomic E-state index is -0.755. The SMILES string of the molecule is COc1cc(C)ccc1C(=O)N/N=C\c1ccc(Oc2ccc([N+](=O)[O-])cc2[N+](=O)[O-])cc1. The predicted octanol–water partition coefficient (Wildman–Crippen LogP) is 4.38. The maximum absolute atomic E-state index is 12.3. The van der Waals surface area contributed by atoms with Crippen molar-refractivity contribution in [2.24, 2.45) is 5.10 Å². The number of amides is 1. The molecule has 168 valence electrons. The Bertz CT molecular complexity index is 1240. The second kappa shape index (κ2) is 10.0. The third kappa shape index (κ3) is 5.67. The monoisotopic (exact) mass is 450 g/mol. The highest BCUT2D eigenvalue weighted by molar-refractivity contribution is 5.97. The Hall–Kier alpha value is -4.80. The van der Waals surface area contributed by atoms with Crippen LogP contribution in [0.25, 0.3) is 0 Å². The number of ether oxygens (including phenoxy) is 2. The van der Waals surface area contributed by atoms with Gasteiger partial charge in [0.1, 0.15) is 11.5 Å². The quantitative estimate of drug-likeness (QED) is 0.304. The topological polar surface area (TPSA) is 146 Å². The van der Waals surface area contributed by atoms with E-state index in [1.807, 2.05) is 6.92 Å². The van der Waals surface area contributed by atoms with Gasteiger partial charge in [0.05, 0.1) is 34.8 Å². The fourth-order valence-corrected chi connectivity index (χ4v) is 2.81. The molecule has 0 aliphatic carbocycles. The van der Waals surface area contributed by atoms with Crippen molar-refractivity contribution in [3.8, 4) is 17.2 Å². The first-order valence-corrected chi connectivity index (χ1v) is 9.47. The van der Waals surface area contributed by atoms with Gasteiger partial charge in [-0.15, -0.1) is 0 Å². The molecule has 0 atom stereocenters. The summed E-state index contributed by atoms with van der Waals surface area (Å²) in [5.74, 6) is 0.141. The summed E-state index contributed by atoms with van der Waals surface area (Å²) < 4.78 is 10.7. The average Bonchev–Trinajstić information content (AvgIpc) is 2.79. The van der Waals surface area contributed by atoms with E-state index in [-0.39, 0.29) is 11.5 Å². The van der Waals surface area contributed by atoms with Gasteiger partial charge in [-0.25, -0.2) is 5.43 Å². The van der Waals surface area contributed by atoms with Crippen LogP contribution in [0.15, 0.2) is 65.8 Å². The molecule has 3 aromatic carbocycles. The molecule has 1 amide bonds. The molecule has 11 heteroatoms. The summed E-state index contributed by atoms with van der Waals surface area (Å²) >= 11 is 0. The number of hydrogen-bond donors (Lipinski definition) is 1. The van der Waals surface area contributed by atoms with Crippen molar-refractivity contribution >= 4 is 23.5 Å². The molecule has 11 nitrogen and oxygen atoms in total. The molecule has 0 fully saturated rings. The third-order valence-corrected chi connectivity index (χ3v) is 4.44. The zero-order chi connectivity index (χ0) is 24.0. The number of nitrogens with zero attached hydrogens (tertiary/aromatic N) is 3. The number of carbonyl (C=O) groups is 1. The molecule has 0 saturated carbocycles. The van der Waals surface area contributed by atoms with Crippen LogP contribution in [0, 0.1) is 27.2 Å². The smallest absolute Gasteiger partial charge is 0.318 e. The first kappa shape index (κ1) is 22.9. The van der Waals surface area contributed by atoms with Crippen molar-refractivity contribution in [1.29, 1.82) is 0 Å². The van der Waals surface area contributed by atoms with Crippen LogP contribution >= 0.6 is 0 Å². The Labute approximate surface area is 187 Å². The van der Waals surface area contributed by atoms with Gasteiger partial charge in [-0.3, -0.25) is 25.0 Å². The molecule has 1 N–H and O–H groups in total. The summed E-state index contributed by atoms with van der Waals surface area (Å²) in [5, 5.41) is 26.0. The molecular weight excluding hydrogens is 432 g/mol. The number of carbonyl (C=O) groups excluding carboxylic acids is 1. The minimum Gasteiger partial charge on any atom is -0.496 e. The van der Waals surface area contributed by atoms with Crippen molar-refractivity contribution in [3.63, 3.8) is 0 Å². The molecule has 33 heavy (non-hydrogen) atoms. The number of non-ortho nitro benzene ring substituents is 1. The van der Waals surface area contributed by atoms with Crippen LogP contribution in [-0.4, -0.2) is 29.1 Å². The number of nitrogens with one attached hydrogen (secondary N) is 1. The number of nitro benzene ring substituents is 2. The molecule has 0 spiro atoms. The van der Waals surface area contributed by atoms with E-state index in [0.29, 0.717) is 16.9 Å². The van der Waals surface area contributed by atoms with E-state index in [1.54, 1.807) is 30.3 Å². The lowest BCUT2D eigenvalue weighted by molar-refractivity contribution is -0.394. The van der Waals surface area contributed by atoms with Crippen LogP contribution in [0.3, 0.4) is 0 Å². The standard InChI is InChI=1S/C22H18N4O7/c1-14-3-9-18(21(11-14)32-2)22(27)24-23-13-15-4-7-17(8-5-15)33-20-10-6-16(25(28)29)12-19(20)26(30)31/h3-13H,1-2H3,(H,24,27)/b23-13-.